The minimum absolute atomic E-state index is 0.0639. The number of methoxy groups -OCH3 is 1. The summed E-state index contributed by atoms with van der Waals surface area (Å²) in [6.45, 7) is -0.0639. The number of amides is 1. The zero-order valence-electron chi connectivity index (χ0n) is 8.62. The first-order valence-electron chi connectivity index (χ1n) is 4.44. The van der Waals surface area contributed by atoms with E-state index in [0.717, 1.165) is 0 Å². The zero-order chi connectivity index (χ0) is 12.1. The van der Waals surface area contributed by atoms with Crippen LogP contribution < -0.4 is 11.1 Å². The van der Waals surface area contributed by atoms with Crippen LogP contribution in [0.15, 0.2) is 18.2 Å². The van der Waals surface area contributed by atoms with Crippen LogP contribution in [0.1, 0.15) is 10.4 Å². The number of ether oxygens (including phenoxy) is 1. The minimum atomic E-state index is -0.533. The van der Waals surface area contributed by atoms with E-state index in [9.17, 15) is 9.59 Å². The van der Waals surface area contributed by atoms with Gasteiger partial charge in [-0.3, -0.25) is 4.79 Å². The van der Waals surface area contributed by atoms with E-state index in [1.165, 1.54) is 13.2 Å². The van der Waals surface area contributed by atoms with Gasteiger partial charge in [0.1, 0.15) is 0 Å². The largest absolute Gasteiger partial charge is 0.465 e. The number of rotatable bonds is 4. The SMILES string of the molecule is COC(=O)c1cc(Cl)ccc1NCC(N)=O. The number of nitrogens with two attached hydrogens (primary N) is 1. The third-order valence-electron chi connectivity index (χ3n) is 1.84. The quantitative estimate of drug-likeness (QED) is 0.773. The minimum Gasteiger partial charge on any atom is -0.465 e. The molecule has 0 heterocycles. The Bertz CT molecular complexity index is 421. The molecule has 86 valence electrons. The monoisotopic (exact) mass is 242 g/mol. The van der Waals surface area contributed by atoms with Crippen molar-refractivity contribution >= 4 is 29.2 Å². The lowest BCUT2D eigenvalue weighted by molar-refractivity contribution is -0.116. The Labute approximate surface area is 97.5 Å². The van der Waals surface area contributed by atoms with Crippen molar-refractivity contribution in [2.24, 2.45) is 5.73 Å². The molecule has 1 aromatic rings. The number of carbonyl (C=O) groups is 2. The highest BCUT2D eigenvalue weighted by atomic mass is 35.5. The molecule has 0 radical (unpaired) electrons. The van der Waals surface area contributed by atoms with Crippen LogP contribution in [0.2, 0.25) is 5.02 Å². The molecule has 0 aliphatic heterocycles. The first kappa shape index (κ1) is 12.3. The maximum absolute atomic E-state index is 11.4. The van der Waals surface area contributed by atoms with Gasteiger partial charge in [-0.15, -0.1) is 0 Å². The van der Waals surface area contributed by atoms with Crippen molar-refractivity contribution < 1.29 is 14.3 Å². The molecule has 0 spiro atoms. The number of carbonyl (C=O) groups excluding carboxylic acids is 2. The Balaban J connectivity index is 2.98. The van der Waals surface area contributed by atoms with Gasteiger partial charge in [-0.2, -0.15) is 0 Å². The predicted molar refractivity (Wildman–Crippen MR) is 60.5 cm³/mol. The second-order valence-electron chi connectivity index (χ2n) is 3.00. The molecule has 0 bridgehead atoms. The summed E-state index contributed by atoms with van der Waals surface area (Å²) in [6, 6.07) is 4.63. The van der Waals surface area contributed by atoms with E-state index < -0.39 is 11.9 Å². The summed E-state index contributed by atoms with van der Waals surface area (Å²) in [4.78, 5) is 22.0. The fourth-order valence-corrected chi connectivity index (χ4v) is 1.30. The van der Waals surface area contributed by atoms with Crippen LogP contribution in [0.4, 0.5) is 5.69 Å². The maximum atomic E-state index is 11.4. The van der Waals surface area contributed by atoms with Crippen molar-refractivity contribution in [1.82, 2.24) is 0 Å². The van der Waals surface area contributed by atoms with Crippen molar-refractivity contribution in [3.05, 3.63) is 28.8 Å². The van der Waals surface area contributed by atoms with Gasteiger partial charge in [0, 0.05) is 10.7 Å². The van der Waals surface area contributed by atoms with Gasteiger partial charge in [0.15, 0.2) is 0 Å². The lowest BCUT2D eigenvalue weighted by Gasteiger charge is -2.09. The summed E-state index contributed by atoms with van der Waals surface area (Å²) in [5, 5.41) is 3.13. The molecule has 5 nitrogen and oxygen atoms in total. The highest BCUT2D eigenvalue weighted by molar-refractivity contribution is 6.31. The summed E-state index contributed by atoms with van der Waals surface area (Å²) in [5.41, 5.74) is 5.70. The van der Waals surface area contributed by atoms with Crippen molar-refractivity contribution in [3.8, 4) is 0 Å². The van der Waals surface area contributed by atoms with Gasteiger partial charge in [-0.25, -0.2) is 4.79 Å². The molecule has 0 fully saturated rings. The Hall–Kier alpha value is -1.75. The summed E-state index contributed by atoms with van der Waals surface area (Å²) in [5.74, 6) is -1.06. The molecule has 0 unspecified atom stereocenters. The second kappa shape index (κ2) is 5.37. The van der Waals surface area contributed by atoms with E-state index in [4.69, 9.17) is 17.3 Å². The molecule has 0 aromatic heterocycles. The number of nitrogens with one attached hydrogen (secondary N) is 1. The van der Waals surface area contributed by atoms with Crippen LogP contribution in [0, 0.1) is 0 Å². The molecule has 0 saturated carbocycles. The molecule has 1 rings (SSSR count). The van der Waals surface area contributed by atoms with Crippen molar-refractivity contribution in [1.29, 1.82) is 0 Å². The van der Waals surface area contributed by atoms with E-state index in [0.29, 0.717) is 10.7 Å². The van der Waals surface area contributed by atoms with Crippen molar-refractivity contribution in [2.45, 2.75) is 0 Å². The third-order valence-corrected chi connectivity index (χ3v) is 2.08. The average Bonchev–Trinajstić information content (AvgIpc) is 2.26. The van der Waals surface area contributed by atoms with Crippen molar-refractivity contribution in [2.75, 3.05) is 19.0 Å². The fourth-order valence-electron chi connectivity index (χ4n) is 1.13. The van der Waals surface area contributed by atoms with E-state index in [1.54, 1.807) is 12.1 Å². The topological polar surface area (TPSA) is 81.4 Å². The Morgan fingerprint density at radius 1 is 1.50 bits per heavy atom. The fraction of sp³-hybridized carbons (Fsp3) is 0.200. The normalized spacial score (nSPS) is 9.62. The van der Waals surface area contributed by atoms with Crippen LogP contribution in [-0.4, -0.2) is 25.5 Å². The molecule has 1 aromatic carbocycles. The van der Waals surface area contributed by atoms with E-state index >= 15 is 0 Å². The van der Waals surface area contributed by atoms with Gasteiger partial charge in [0.25, 0.3) is 0 Å². The van der Waals surface area contributed by atoms with E-state index in [2.05, 4.69) is 10.1 Å². The smallest absolute Gasteiger partial charge is 0.340 e. The third kappa shape index (κ3) is 3.13. The van der Waals surface area contributed by atoms with Crippen LogP contribution in [0.25, 0.3) is 0 Å². The number of hydrogen-bond acceptors (Lipinski definition) is 4. The van der Waals surface area contributed by atoms with Crippen LogP contribution >= 0.6 is 11.6 Å². The molecular formula is C10H11ClN2O3. The number of anilines is 1. The number of hydrogen-bond donors (Lipinski definition) is 2. The number of esters is 1. The number of benzene rings is 1. The summed E-state index contributed by atoms with van der Waals surface area (Å²) in [6.07, 6.45) is 0. The first-order chi connectivity index (χ1) is 7.54. The molecule has 16 heavy (non-hydrogen) atoms. The predicted octanol–water partition coefficient (Wildman–Crippen LogP) is 1.02. The van der Waals surface area contributed by atoms with E-state index in [-0.39, 0.29) is 12.1 Å². The van der Waals surface area contributed by atoms with Gasteiger partial charge in [0.05, 0.1) is 19.2 Å². The van der Waals surface area contributed by atoms with Gasteiger partial charge in [0.2, 0.25) is 5.91 Å². The molecule has 0 aliphatic rings. The standard InChI is InChI=1S/C10H11ClN2O3/c1-16-10(15)7-4-6(11)2-3-8(7)13-5-9(12)14/h2-4,13H,5H2,1H3,(H2,12,14). The molecule has 6 heteroatoms. The summed E-state index contributed by atoms with van der Waals surface area (Å²) < 4.78 is 4.58. The molecule has 0 saturated heterocycles. The van der Waals surface area contributed by atoms with Gasteiger partial charge >= 0.3 is 5.97 Å². The molecular weight excluding hydrogens is 232 g/mol. The Morgan fingerprint density at radius 3 is 2.75 bits per heavy atom. The van der Waals surface area contributed by atoms with Gasteiger partial charge < -0.3 is 15.8 Å². The molecule has 3 N–H and O–H groups in total. The zero-order valence-corrected chi connectivity index (χ0v) is 9.38. The Kier molecular flexibility index (Phi) is 4.13. The highest BCUT2D eigenvalue weighted by Crippen LogP contribution is 2.21. The van der Waals surface area contributed by atoms with Gasteiger partial charge in [-0.1, -0.05) is 11.6 Å². The Morgan fingerprint density at radius 2 is 2.19 bits per heavy atom. The highest BCUT2D eigenvalue weighted by Gasteiger charge is 2.12. The maximum Gasteiger partial charge on any atom is 0.340 e. The van der Waals surface area contributed by atoms with E-state index in [1.807, 2.05) is 0 Å². The van der Waals surface area contributed by atoms with Crippen LogP contribution in [-0.2, 0) is 9.53 Å². The second-order valence-corrected chi connectivity index (χ2v) is 3.44. The summed E-state index contributed by atoms with van der Waals surface area (Å²) in [7, 11) is 1.26. The van der Waals surface area contributed by atoms with Gasteiger partial charge in [-0.05, 0) is 18.2 Å². The molecule has 0 aliphatic carbocycles. The van der Waals surface area contributed by atoms with Crippen LogP contribution in [0.5, 0.6) is 0 Å². The number of halogens is 1. The molecule has 1 amide bonds. The summed E-state index contributed by atoms with van der Waals surface area (Å²) >= 11 is 5.75. The number of primary amides is 1. The molecule has 0 atom stereocenters. The average molecular weight is 243 g/mol. The van der Waals surface area contributed by atoms with Crippen molar-refractivity contribution in [3.63, 3.8) is 0 Å². The lowest BCUT2D eigenvalue weighted by atomic mass is 10.2. The lowest BCUT2D eigenvalue weighted by Crippen LogP contribution is -2.22. The van der Waals surface area contributed by atoms with Crippen LogP contribution in [0.3, 0.4) is 0 Å². The first-order valence-corrected chi connectivity index (χ1v) is 4.82.